The third-order valence-electron chi connectivity index (χ3n) is 3.97. The number of carbonyl (C=O) groups excluding carboxylic acids is 1. The molecule has 1 aromatic carbocycles. The molecule has 1 aliphatic heterocycles. The monoisotopic (exact) mass is 294 g/mol. The lowest BCUT2D eigenvalue weighted by atomic mass is 10.0. The minimum absolute atomic E-state index is 0.261. The zero-order valence-corrected chi connectivity index (χ0v) is 13.0. The van der Waals surface area contributed by atoms with Crippen LogP contribution in [0.5, 0.6) is 0 Å². The molecule has 1 saturated heterocycles. The van der Waals surface area contributed by atoms with E-state index in [2.05, 4.69) is 18.3 Å². The molecule has 0 bridgehead atoms. The van der Waals surface area contributed by atoms with E-state index in [1.807, 2.05) is 30.0 Å². The van der Waals surface area contributed by atoms with Gasteiger partial charge in [-0.2, -0.15) is 0 Å². The molecular formula is C16H23ClN2O. The van der Waals surface area contributed by atoms with Gasteiger partial charge >= 0.3 is 0 Å². The van der Waals surface area contributed by atoms with E-state index in [1.165, 1.54) is 5.56 Å². The Balaban J connectivity index is 1.80. The molecule has 1 amide bonds. The minimum Gasteiger partial charge on any atom is -0.341 e. The standard InChI is InChI=1S/C16H23ClN2O/c1-3-16(20)19-8-7-15(11-19)18-10-12(2)13-5-4-6-14(17)9-13/h4-6,9,12,15,18H,3,7-8,10-11H2,1-2H3/t12-,15-/m0/s1. The van der Waals surface area contributed by atoms with Gasteiger partial charge in [-0.25, -0.2) is 0 Å². The van der Waals surface area contributed by atoms with Gasteiger partial charge in [0.1, 0.15) is 0 Å². The molecule has 4 heteroatoms. The molecule has 1 aromatic rings. The lowest BCUT2D eigenvalue weighted by Crippen LogP contribution is -2.36. The molecule has 0 aliphatic carbocycles. The van der Waals surface area contributed by atoms with Crippen molar-refractivity contribution in [2.45, 2.75) is 38.6 Å². The van der Waals surface area contributed by atoms with Crippen LogP contribution in [0.3, 0.4) is 0 Å². The van der Waals surface area contributed by atoms with E-state index >= 15 is 0 Å². The molecule has 1 aliphatic rings. The van der Waals surface area contributed by atoms with Crippen LogP contribution >= 0.6 is 11.6 Å². The van der Waals surface area contributed by atoms with Crippen LogP contribution in [-0.4, -0.2) is 36.5 Å². The molecule has 2 rings (SSSR count). The largest absolute Gasteiger partial charge is 0.341 e. The van der Waals surface area contributed by atoms with Crippen LogP contribution in [-0.2, 0) is 4.79 Å². The van der Waals surface area contributed by atoms with Gasteiger partial charge in [-0.1, -0.05) is 37.6 Å². The van der Waals surface area contributed by atoms with Gasteiger partial charge in [0, 0.05) is 37.1 Å². The molecule has 0 radical (unpaired) electrons. The highest BCUT2D eigenvalue weighted by Crippen LogP contribution is 2.19. The van der Waals surface area contributed by atoms with Crippen molar-refractivity contribution < 1.29 is 4.79 Å². The van der Waals surface area contributed by atoms with Gasteiger partial charge in [-0.15, -0.1) is 0 Å². The van der Waals surface area contributed by atoms with Crippen LogP contribution < -0.4 is 5.32 Å². The number of hydrogen-bond acceptors (Lipinski definition) is 2. The van der Waals surface area contributed by atoms with Gasteiger partial charge in [0.05, 0.1) is 0 Å². The summed E-state index contributed by atoms with van der Waals surface area (Å²) >= 11 is 6.02. The second kappa shape index (κ2) is 7.09. The predicted molar refractivity (Wildman–Crippen MR) is 83.1 cm³/mol. The molecule has 0 unspecified atom stereocenters. The van der Waals surface area contributed by atoms with Crippen LogP contribution in [0.4, 0.5) is 0 Å². The highest BCUT2D eigenvalue weighted by Gasteiger charge is 2.25. The summed E-state index contributed by atoms with van der Waals surface area (Å²) < 4.78 is 0. The fraction of sp³-hybridized carbons (Fsp3) is 0.562. The smallest absolute Gasteiger partial charge is 0.222 e. The Hall–Kier alpha value is -1.06. The number of rotatable bonds is 5. The highest BCUT2D eigenvalue weighted by atomic mass is 35.5. The fourth-order valence-corrected chi connectivity index (χ4v) is 2.85. The zero-order valence-electron chi connectivity index (χ0n) is 12.2. The van der Waals surface area contributed by atoms with Gasteiger partial charge in [0.2, 0.25) is 5.91 Å². The topological polar surface area (TPSA) is 32.3 Å². The van der Waals surface area contributed by atoms with Gasteiger partial charge in [0.15, 0.2) is 0 Å². The van der Waals surface area contributed by atoms with E-state index in [9.17, 15) is 4.79 Å². The normalized spacial score (nSPS) is 20.1. The molecule has 20 heavy (non-hydrogen) atoms. The van der Waals surface area contributed by atoms with E-state index in [4.69, 9.17) is 11.6 Å². The average molecular weight is 295 g/mol. The third-order valence-corrected chi connectivity index (χ3v) is 4.21. The van der Waals surface area contributed by atoms with Gasteiger partial charge < -0.3 is 10.2 Å². The van der Waals surface area contributed by atoms with Crippen LogP contribution in [0, 0.1) is 0 Å². The summed E-state index contributed by atoms with van der Waals surface area (Å²) in [6.45, 7) is 6.76. The summed E-state index contributed by atoms with van der Waals surface area (Å²) in [5.74, 6) is 0.682. The van der Waals surface area contributed by atoms with E-state index < -0.39 is 0 Å². The maximum Gasteiger partial charge on any atom is 0.222 e. The van der Waals surface area contributed by atoms with Crippen LogP contribution in [0.15, 0.2) is 24.3 Å². The minimum atomic E-state index is 0.261. The molecule has 0 saturated carbocycles. The second-order valence-electron chi connectivity index (χ2n) is 5.54. The Morgan fingerprint density at radius 2 is 2.35 bits per heavy atom. The van der Waals surface area contributed by atoms with Gasteiger partial charge in [-0.3, -0.25) is 4.79 Å². The summed E-state index contributed by atoms with van der Waals surface area (Å²) in [7, 11) is 0. The van der Waals surface area contributed by atoms with Crippen molar-refractivity contribution >= 4 is 17.5 Å². The van der Waals surface area contributed by atoms with E-state index in [-0.39, 0.29) is 5.91 Å². The first-order valence-electron chi connectivity index (χ1n) is 7.36. The molecular weight excluding hydrogens is 272 g/mol. The SMILES string of the molecule is CCC(=O)N1CC[C@H](NC[C@H](C)c2cccc(Cl)c2)C1. The van der Waals surface area contributed by atoms with Crippen molar-refractivity contribution in [1.29, 1.82) is 0 Å². The van der Waals surface area contributed by atoms with Crippen molar-refractivity contribution in [3.8, 4) is 0 Å². The first-order chi connectivity index (χ1) is 9.60. The summed E-state index contributed by atoms with van der Waals surface area (Å²) in [4.78, 5) is 13.6. The van der Waals surface area contributed by atoms with Gasteiger partial charge in [-0.05, 0) is 30.0 Å². The number of nitrogens with zero attached hydrogens (tertiary/aromatic N) is 1. The van der Waals surface area contributed by atoms with Crippen molar-refractivity contribution in [3.63, 3.8) is 0 Å². The van der Waals surface area contributed by atoms with E-state index in [1.54, 1.807) is 0 Å². The van der Waals surface area contributed by atoms with Gasteiger partial charge in [0.25, 0.3) is 0 Å². The Morgan fingerprint density at radius 3 is 3.05 bits per heavy atom. The van der Waals surface area contributed by atoms with E-state index in [0.29, 0.717) is 18.4 Å². The van der Waals surface area contributed by atoms with E-state index in [0.717, 1.165) is 31.1 Å². The quantitative estimate of drug-likeness (QED) is 0.905. The molecule has 1 N–H and O–H groups in total. The highest BCUT2D eigenvalue weighted by molar-refractivity contribution is 6.30. The predicted octanol–water partition coefficient (Wildman–Crippen LogP) is 3.04. The number of amides is 1. The number of nitrogens with one attached hydrogen (secondary N) is 1. The Morgan fingerprint density at radius 1 is 1.55 bits per heavy atom. The molecule has 1 heterocycles. The number of halogens is 1. The first-order valence-corrected chi connectivity index (χ1v) is 7.74. The summed E-state index contributed by atoms with van der Waals surface area (Å²) in [5, 5.41) is 4.36. The Kier molecular flexibility index (Phi) is 5.44. The number of hydrogen-bond donors (Lipinski definition) is 1. The fourth-order valence-electron chi connectivity index (χ4n) is 2.65. The zero-order chi connectivity index (χ0) is 14.5. The molecule has 3 nitrogen and oxygen atoms in total. The lowest BCUT2D eigenvalue weighted by Gasteiger charge is -2.19. The van der Waals surface area contributed by atoms with Crippen molar-refractivity contribution in [2.75, 3.05) is 19.6 Å². The van der Waals surface area contributed by atoms with Crippen molar-refractivity contribution in [3.05, 3.63) is 34.9 Å². The third kappa shape index (κ3) is 3.97. The summed E-state index contributed by atoms with van der Waals surface area (Å²) in [5.41, 5.74) is 1.25. The van der Waals surface area contributed by atoms with Crippen LogP contribution in [0.2, 0.25) is 5.02 Å². The molecule has 0 aromatic heterocycles. The van der Waals surface area contributed by atoms with Crippen LogP contribution in [0.25, 0.3) is 0 Å². The Labute approximate surface area is 126 Å². The van der Waals surface area contributed by atoms with Crippen molar-refractivity contribution in [1.82, 2.24) is 10.2 Å². The summed E-state index contributed by atoms with van der Waals surface area (Å²) in [6, 6.07) is 8.45. The lowest BCUT2D eigenvalue weighted by molar-refractivity contribution is -0.129. The number of benzene rings is 1. The molecule has 1 fully saturated rings. The molecule has 110 valence electrons. The van der Waals surface area contributed by atoms with Crippen molar-refractivity contribution in [2.24, 2.45) is 0 Å². The Bertz CT molecular complexity index is 464. The number of carbonyl (C=O) groups is 1. The molecule has 2 atom stereocenters. The average Bonchev–Trinajstić information content (AvgIpc) is 2.92. The maximum atomic E-state index is 11.6. The van der Waals surface area contributed by atoms with Crippen LogP contribution in [0.1, 0.15) is 38.2 Å². The first kappa shape index (κ1) is 15.3. The number of likely N-dealkylation sites (tertiary alicyclic amines) is 1. The summed E-state index contributed by atoms with van der Waals surface area (Å²) in [6.07, 6.45) is 1.65. The maximum absolute atomic E-state index is 11.6. The molecule has 0 spiro atoms. The second-order valence-corrected chi connectivity index (χ2v) is 5.98.